The number of hydrogen-bond acceptors (Lipinski definition) is 7. The van der Waals surface area contributed by atoms with Gasteiger partial charge in [-0.05, 0) is 32.2 Å². The van der Waals surface area contributed by atoms with Gasteiger partial charge in [0.15, 0.2) is 12.3 Å². The number of esters is 1. The van der Waals surface area contributed by atoms with Gasteiger partial charge in [-0.1, -0.05) is 0 Å². The predicted octanol–water partition coefficient (Wildman–Crippen LogP) is 2.65. The summed E-state index contributed by atoms with van der Waals surface area (Å²) in [6.45, 7) is 4.79. The minimum Gasteiger partial charge on any atom is -0.451 e. The van der Waals surface area contributed by atoms with E-state index in [1.165, 1.54) is 22.7 Å². The Kier molecular flexibility index (Phi) is 5.68. The van der Waals surface area contributed by atoms with Crippen LogP contribution in [0.3, 0.4) is 0 Å². The molecule has 0 aromatic carbocycles. The summed E-state index contributed by atoms with van der Waals surface area (Å²) in [5.74, 6) is -1.42. The molecular weight excluding hydrogens is 350 g/mol. The van der Waals surface area contributed by atoms with Gasteiger partial charge in [0.2, 0.25) is 0 Å². The van der Waals surface area contributed by atoms with Gasteiger partial charge >= 0.3 is 12.0 Å². The first-order valence-electron chi connectivity index (χ1n) is 7.02. The molecule has 0 unspecified atom stereocenters. The van der Waals surface area contributed by atoms with Gasteiger partial charge in [-0.25, -0.2) is 14.6 Å². The highest BCUT2D eigenvalue weighted by Crippen LogP contribution is 2.25. The molecular formula is C15H17N3O4S2. The van der Waals surface area contributed by atoms with Crippen LogP contribution in [0.25, 0.3) is 10.6 Å². The maximum Gasteiger partial charge on any atom is 0.358 e. The fourth-order valence-electron chi connectivity index (χ4n) is 1.63. The molecule has 0 atom stereocenters. The molecule has 0 saturated carbocycles. The fourth-order valence-corrected chi connectivity index (χ4v) is 3.13. The van der Waals surface area contributed by atoms with Crippen LogP contribution in [0.2, 0.25) is 0 Å². The smallest absolute Gasteiger partial charge is 0.358 e. The molecule has 0 radical (unpaired) electrons. The minimum absolute atomic E-state index is 0.133. The van der Waals surface area contributed by atoms with E-state index in [1.807, 2.05) is 16.8 Å². The number of nitrogens with one attached hydrogen (secondary N) is 2. The molecule has 0 aliphatic rings. The van der Waals surface area contributed by atoms with E-state index >= 15 is 0 Å². The summed E-state index contributed by atoms with van der Waals surface area (Å²) in [4.78, 5) is 39.2. The van der Waals surface area contributed by atoms with Gasteiger partial charge in [0.25, 0.3) is 5.91 Å². The molecule has 2 aromatic heterocycles. The van der Waals surface area contributed by atoms with E-state index in [9.17, 15) is 14.4 Å². The summed E-state index contributed by atoms with van der Waals surface area (Å²) >= 11 is 2.85. The molecule has 0 aliphatic heterocycles. The number of amides is 3. The quantitative estimate of drug-likeness (QED) is 0.810. The minimum atomic E-state index is -0.710. The number of hydrogen-bond donors (Lipinski definition) is 2. The van der Waals surface area contributed by atoms with Gasteiger partial charge in [0.05, 0.1) is 0 Å². The number of thiazole rings is 1. The Bertz CT molecular complexity index is 732. The van der Waals surface area contributed by atoms with Crippen molar-refractivity contribution in [2.45, 2.75) is 26.3 Å². The van der Waals surface area contributed by atoms with Gasteiger partial charge < -0.3 is 10.1 Å². The van der Waals surface area contributed by atoms with Crippen LogP contribution in [0.15, 0.2) is 22.2 Å². The highest BCUT2D eigenvalue weighted by molar-refractivity contribution is 7.14. The zero-order valence-corrected chi connectivity index (χ0v) is 15.0. The molecule has 0 aliphatic carbocycles. The largest absolute Gasteiger partial charge is 0.451 e. The maximum atomic E-state index is 11.9. The lowest BCUT2D eigenvalue weighted by atomic mass is 10.1. The van der Waals surface area contributed by atoms with E-state index in [0.717, 1.165) is 5.56 Å². The molecule has 128 valence electrons. The highest BCUT2D eigenvalue weighted by atomic mass is 32.1. The average Bonchev–Trinajstić information content (AvgIpc) is 3.12. The lowest BCUT2D eigenvalue weighted by molar-refractivity contribution is -0.123. The number of aromatic nitrogens is 1. The predicted molar refractivity (Wildman–Crippen MR) is 92.1 cm³/mol. The summed E-state index contributed by atoms with van der Waals surface area (Å²) in [5.41, 5.74) is 0.591. The SMILES string of the molecule is CC(C)(C)NC(=O)NC(=O)COC(=O)c1csc(-c2ccsc2)n1. The van der Waals surface area contributed by atoms with Crippen molar-refractivity contribution < 1.29 is 19.1 Å². The van der Waals surface area contributed by atoms with E-state index in [-0.39, 0.29) is 5.69 Å². The van der Waals surface area contributed by atoms with Gasteiger partial charge in [-0.2, -0.15) is 11.3 Å². The van der Waals surface area contributed by atoms with Crippen LogP contribution in [-0.2, 0) is 9.53 Å². The highest BCUT2D eigenvalue weighted by Gasteiger charge is 2.18. The summed E-state index contributed by atoms with van der Waals surface area (Å²) in [6, 6.07) is 1.26. The van der Waals surface area contributed by atoms with Gasteiger partial charge in [-0.3, -0.25) is 10.1 Å². The van der Waals surface area contributed by atoms with Crippen LogP contribution in [0.4, 0.5) is 4.79 Å². The van der Waals surface area contributed by atoms with Crippen molar-refractivity contribution in [2.24, 2.45) is 0 Å². The Morgan fingerprint density at radius 1 is 1.25 bits per heavy atom. The summed E-state index contributed by atoms with van der Waals surface area (Å²) in [6.07, 6.45) is 0. The molecule has 2 heterocycles. The Morgan fingerprint density at radius 2 is 2.00 bits per heavy atom. The van der Waals surface area contributed by atoms with Crippen molar-refractivity contribution in [2.75, 3.05) is 6.61 Å². The van der Waals surface area contributed by atoms with Crippen molar-refractivity contribution in [3.8, 4) is 10.6 Å². The second-order valence-corrected chi connectivity index (χ2v) is 7.52. The fraction of sp³-hybridized carbons (Fsp3) is 0.333. The topological polar surface area (TPSA) is 97.4 Å². The third kappa shape index (κ3) is 5.43. The lowest BCUT2D eigenvalue weighted by Gasteiger charge is -2.20. The van der Waals surface area contributed by atoms with E-state index in [1.54, 1.807) is 26.2 Å². The van der Waals surface area contributed by atoms with Crippen LogP contribution >= 0.6 is 22.7 Å². The lowest BCUT2D eigenvalue weighted by Crippen LogP contribution is -2.49. The van der Waals surface area contributed by atoms with E-state index in [0.29, 0.717) is 5.01 Å². The molecule has 0 fully saturated rings. The molecule has 3 amide bonds. The van der Waals surface area contributed by atoms with E-state index in [2.05, 4.69) is 15.6 Å². The Labute approximate surface area is 147 Å². The van der Waals surface area contributed by atoms with Crippen molar-refractivity contribution in [3.05, 3.63) is 27.9 Å². The number of thiophene rings is 1. The molecule has 0 bridgehead atoms. The van der Waals surface area contributed by atoms with Crippen LogP contribution in [-0.4, -0.2) is 35.0 Å². The first kappa shape index (κ1) is 18.1. The average molecular weight is 367 g/mol. The Balaban J connectivity index is 1.83. The molecule has 0 spiro atoms. The third-order valence-corrected chi connectivity index (χ3v) is 4.13. The molecule has 9 heteroatoms. The number of urea groups is 1. The molecule has 0 saturated heterocycles. The summed E-state index contributed by atoms with van der Waals surface area (Å²) in [7, 11) is 0. The molecule has 24 heavy (non-hydrogen) atoms. The van der Waals surface area contributed by atoms with E-state index < -0.39 is 30.1 Å². The number of ether oxygens (including phenoxy) is 1. The van der Waals surface area contributed by atoms with Crippen LogP contribution < -0.4 is 10.6 Å². The molecule has 2 aromatic rings. The Morgan fingerprint density at radius 3 is 2.62 bits per heavy atom. The van der Waals surface area contributed by atoms with Crippen LogP contribution in [0.5, 0.6) is 0 Å². The number of rotatable bonds is 4. The second kappa shape index (κ2) is 7.54. The van der Waals surface area contributed by atoms with Crippen molar-refractivity contribution in [3.63, 3.8) is 0 Å². The summed E-state index contributed by atoms with van der Waals surface area (Å²) in [5, 5.41) is 10.8. The zero-order valence-electron chi connectivity index (χ0n) is 13.4. The number of nitrogens with zero attached hydrogens (tertiary/aromatic N) is 1. The van der Waals surface area contributed by atoms with Gasteiger partial charge in [-0.15, -0.1) is 11.3 Å². The van der Waals surface area contributed by atoms with Crippen LogP contribution in [0, 0.1) is 0 Å². The van der Waals surface area contributed by atoms with Gasteiger partial charge in [0, 0.05) is 21.9 Å². The molecule has 2 N–H and O–H groups in total. The molecule has 2 rings (SSSR count). The van der Waals surface area contributed by atoms with E-state index in [4.69, 9.17) is 4.74 Å². The first-order chi connectivity index (χ1) is 11.2. The number of imide groups is 1. The monoisotopic (exact) mass is 367 g/mol. The Hall–Kier alpha value is -2.26. The van der Waals surface area contributed by atoms with Crippen LogP contribution in [0.1, 0.15) is 31.3 Å². The third-order valence-electron chi connectivity index (χ3n) is 2.56. The first-order valence-corrected chi connectivity index (χ1v) is 8.84. The second-order valence-electron chi connectivity index (χ2n) is 5.88. The maximum absolute atomic E-state index is 11.9. The van der Waals surface area contributed by atoms with Crippen molar-refractivity contribution in [1.29, 1.82) is 0 Å². The zero-order chi connectivity index (χ0) is 17.7. The molecule has 7 nitrogen and oxygen atoms in total. The van der Waals surface area contributed by atoms with Crippen molar-refractivity contribution >= 4 is 40.6 Å². The number of carbonyl (C=O) groups is 3. The normalized spacial score (nSPS) is 11.0. The number of carbonyl (C=O) groups excluding carboxylic acids is 3. The standard InChI is InChI=1S/C15H17N3O4S2/c1-15(2,3)18-14(21)17-11(19)6-22-13(20)10-8-24-12(16-10)9-4-5-23-7-9/h4-5,7-8H,6H2,1-3H3,(H2,17,18,19,21). The van der Waals surface area contributed by atoms with Crippen molar-refractivity contribution in [1.82, 2.24) is 15.6 Å². The van der Waals surface area contributed by atoms with Gasteiger partial charge in [0.1, 0.15) is 5.01 Å². The summed E-state index contributed by atoms with van der Waals surface area (Å²) < 4.78 is 4.87.